The van der Waals surface area contributed by atoms with E-state index in [2.05, 4.69) is 0 Å². The van der Waals surface area contributed by atoms with Gasteiger partial charge >= 0.3 is 0 Å². The van der Waals surface area contributed by atoms with Crippen molar-refractivity contribution in [1.29, 1.82) is 0 Å². The summed E-state index contributed by atoms with van der Waals surface area (Å²) in [6.07, 6.45) is 1.16. The van der Waals surface area contributed by atoms with Crippen molar-refractivity contribution in [2.75, 3.05) is 20.8 Å². The molecule has 3 aromatic carbocycles. The van der Waals surface area contributed by atoms with Crippen molar-refractivity contribution >= 4 is 17.4 Å². The Morgan fingerprint density at radius 2 is 1.74 bits per heavy atom. The molecule has 0 bridgehead atoms. The zero-order chi connectivity index (χ0) is 27.0. The molecule has 2 heterocycles. The quantitative estimate of drug-likeness (QED) is 0.273. The molecule has 8 heteroatoms. The van der Waals surface area contributed by atoms with Gasteiger partial charge in [-0.3, -0.25) is 9.59 Å². The summed E-state index contributed by atoms with van der Waals surface area (Å²) < 4.78 is 16.5. The van der Waals surface area contributed by atoms with E-state index in [0.717, 1.165) is 16.9 Å². The van der Waals surface area contributed by atoms with E-state index >= 15 is 0 Å². The van der Waals surface area contributed by atoms with E-state index in [4.69, 9.17) is 14.2 Å². The van der Waals surface area contributed by atoms with Crippen molar-refractivity contribution < 1.29 is 34.0 Å². The molecule has 5 rings (SSSR count). The van der Waals surface area contributed by atoms with Crippen molar-refractivity contribution in [3.05, 3.63) is 88.5 Å². The number of fused-ring (bicyclic) bond motifs is 1. The highest BCUT2D eigenvalue weighted by molar-refractivity contribution is 6.46. The van der Waals surface area contributed by atoms with Gasteiger partial charge in [0.2, 0.25) is 0 Å². The van der Waals surface area contributed by atoms with Gasteiger partial charge in [0.05, 0.1) is 25.8 Å². The molecule has 8 nitrogen and oxygen atoms in total. The second-order valence-electron chi connectivity index (χ2n) is 9.48. The SMILES string of the molecule is COc1ccc(CCN2C(=O)C(=O)/C(=C(\O)c3ccc4c(c3)CC(C)O4)C2c2ccc(O)cc2)cc1OC. The third-order valence-corrected chi connectivity index (χ3v) is 7.01. The second-order valence-corrected chi connectivity index (χ2v) is 9.48. The smallest absolute Gasteiger partial charge is 0.295 e. The maximum absolute atomic E-state index is 13.3. The zero-order valence-corrected chi connectivity index (χ0v) is 21.4. The molecule has 38 heavy (non-hydrogen) atoms. The fourth-order valence-electron chi connectivity index (χ4n) is 5.12. The van der Waals surface area contributed by atoms with Gasteiger partial charge in [0, 0.05) is 18.5 Å². The van der Waals surface area contributed by atoms with E-state index in [1.54, 1.807) is 50.6 Å². The normalized spacial score (nSPS) is 19.8. The summed E-state index contributed by atoms with van der Waals surface area (Å²) in [6, 6.07) is 16.3. The fraction of sp³-hybridized carbons (Fsp3) is 0.267. The minimum absolute atomic E-state index is 0.0138. The topological polar surface area (TPSA) is 106 Å². The maximum atomic E-state index is 13.3. The molecule has 2 aliphatic heterocycles. The van der Waals surface area contributed by atoms with Crippen LogP contribution in [0.5, 0.6) is 23.0 Å². The second kappa shape index (κ2) is 10.1. The monoisotopic (exact) mass is 515 g/mol. The molecule has 0 radical (unpaired) electrons. The fourth-order valence-corrected chi connectivity index (χ4v) is 5.12. The molecule has 0 saturated carbocycles. The van der Waals surface area contributed by atoms with Gasteiger partial charge in [-0.15, -0.1) is 0 Å². The number of benzene rings is 3. The number of ether oxygens (including phenoxy) is 3. The first-order chi connectivity index (χ1) is 18.3. The summed E-state index contributed by atoms with van der Waals surface area (Å²) in [7, 11) is 3.11. The molecular weight excluding hydrogens is 486 g/mol. The van der Waals surface area contributed by atoms with Crippen molar-refractivity contribution in [2.45, 2.75) is 31.9 Å². The Morgan fingerprint density at radius 1 is 1.00 bits per heavy atom. The van der Waals surface area contributed by atoms with Crippen LogP contribution in [-0.4, -0.2) is 53.7 Å². The lowest BCUT2D eigenvalue weighted by atomic mass is 9.94. The molecule has 1 fully saturated rings. The Kier molecular flexibility index (Phi) is 6.72. The number of amides is 1. The molecule has 3 aromatic rings. The minimum atomic E-state index is -0.820. The molecule has 2 N–H and O–H groups in total. The van der Waals surface area contributed by atoms with Gasteiger partial charge in [-0.2, -0.15) is 0 Å². The van der Waals surface area contributed by atoms with E-state index in [9.17, 15) is 19.8 Å². The number of Topliss-reactive ketones (excluding diaryl/α,β-unsaturated/α-hetero) is 1. The lowest BCUT2D eigenvalue weighted by molar-refractivity contribution is -0.139. The van der Waals surface area contributed by atoms with E-state index in [-0.39, 0.29) is 29.7 Å². The number of rotatable bonds is 7. The highest BCUT2D eigenvalue weighted by atomic mass is 16.5. The third-order valence-electron chi connectivity index (χ3n) is 7.01. The Morgan fingerprint density at radius 3 is 2.45 bits per heavy atom. The molecule has 2 unspecified atom stereocenters. The molecule has 0 aromatic heterocycles. The van der Waals surface area contributed by atoms with Gasteiger partial charge in [0.15, 0.2) is 11.5 Å². The number of aliphatic hydroxyl groups excluding tert-OH is 1. The number of aliphatic hydroxyl groups is 1. The summed E-state index contributed by atoms with van der Waals surface area (Å²) in [5.41, 5.74) is 2.89. The van der Waals surface area contributed by atoms with Crippen LogP contribution in [0.1, 0.15) is 35.2 Å². The number of methoxy groups -OCH3 is 2. The van der Waals surface area contributed by atoms with Gasteiger partial charge in [0.25, 0.3) is 11.7 Å². The lowest BCUT2D eigenvalue weighted by Crippen LogP contribution is -2.31. The van der Waals surface area contributed by atoms with Crippen LogP contribution < -0.4 is 14.2 Å². The number of phenolic OH excluding ortho intramolecular Hbond substituents is 1. The van der Waals surface area contributed by atoms with Crippen molar-refractivity contribution in [3.63, 3.8) is 0 Å². The predicted octanol–water partition coefficient (Wildman–Crippen LogP) is 4.40. The third kappa shape index (κ3) is 4.53. The van der Waals surface area contributed by atoms with Crippen LogP contribution in [0.4, 0.5) is 0 Å². The molecule has 2 atom stereocenters. The highest BCUT2D eigenvalue weighted by Gasteiger charge is 2.46. The van der Waals surface area contributed by atoms with Crippen LogP contribution in [0.15, 0.2) is 66.2 Å². The van der Waals surface area contributed by atoms with Gasteiger partial charge in [-0.25, -0.2) is 0 Å². The molecule has 0 aliphatic carbocycles. The number of likely N-dealkylation sites (tertiary alicyclic amines) is 1. The Bertz CT molecular complexity index is 1430. The number of nitrogens with zero attached hydrogens (tertiary/aromatic N) is 1. The number of carbonyl (C=O) groups excluding carboxylic acids is 2. The first kappa shape index (κ1) is 25.2. The molecule has 196 valence electrons. The number of carbonyl (C=O) groups is 2. The van der Waals surface area contributed by atoms with E-state index in [1.165, 1.54) is 17.0 Å². The van der Waals surface area contributed by atoms with Gasteiger partial charge in [0.1, 0.15) is 23.4 Å². The number of ketones is 1. The minimum Gasteiger partial charge on any atom is -0.508 e. The summed E-state index contributed by atoms with van der Waals surface area (Å²) in [6.45, 7) is 2.19. The average molecular weight is 516 g/mol. The van der Waals surface area contributed by atoms with Crippen molar-refractivity contribution in [3.8, 4) is 23.0 Å². The van der Waals surface area contributed by atoms with Gasteiger partial charge < -0.3 is 29.3 Å². The van der Waals surface area contributed by atoms with Crippen LogP contribution in [-0.2, 0) is 22.4 Å². The van der Waals surface area contributed by atoms with E-state index in [1.807, 2.05) is 19.1 Å². The number of phenols is 1. The number of hydrogen-bond acceptors (Lipinski definition) is 7. The molecule has 1 amide bonds. The van der Waals surface area contributed by atoms with Crippen LogP contribution in [0.3, 0.4) is 0 Å². The summed E-state index contributed by atoms with van der Waals surface area (Å²) in [4.78, 5) is 28.1. The lowest BCUT2D eigenvalue weighted by Gasteiger charge is -2.25. The zero-order valence-electron chi connectivity index (χ0n) is 21.4. The molecule has 0 spiro atoms. The number of aromatic hydroxyl groups is 1. The van der Waals surface area contributed by atoms with Crippen LogP contribution >= 0.6 is 0 Å². The summed E-state index contributed by atoms with van der Waals surface area (Å²) >= 11 is 0. The first-order valence-electron chi connectivity index (χ1n) is 12.4. The van der Waals surface area contributed by atoms with Gasteiger partial charge in [-0.05, 0) is 72.5 Å². The van der Waals surface area contributed by atoms with E-state index in [0.29, 0.717) is 35.5 Å². The molecule has 2 aliphatic rings. The molecule has 1 saturated heterocycles. The Hall–Kier alpha value is -4.46. The maximum Gasteiger partial charge on any atom is 0.295 e. The number of hydrogen-bond donors (Lipinski definition) is 2. The Labute approximate surface area is 220 Å². The highest BCUT2D eigenvalue weighted by Crippen LogP contribution is 2.41. The van der Waals surface area contributed by atoms with Crippen LogP contribution in [0.25, 0.3) is 5.76 Å². The Balaban J connectivity index is 1.53. The molecular formula is C30H29NO7. The summed E-state index contributed by atoms with van der Waals surface area (Å²) in [5.74, 6) is 0.286. The van der Waals surface area contributed by atoms with Crippen LogP contribution in [0, 0.1) is 0 Å². The van der Waals surface area contributed by atoms with Crippen molar-refractivity contribution in [1.82, 2.24) is 4.90 Å². The van der Waals surface area contributed by atoms with Gasteiger partial charge in [-0.1, -0.05) is 18.2 Å². The largest absolute Gasteiger partial charge is 0.508 e. The first-order valence-corrected chi connectivity index (χ1v) is 12.4. The van der Waals surface area contributed by atoms with Crippen molar-refractivity contribution in [2.24, 2.45) is 0 Å². The summed E-state index contributed by atoms with van der Waals surface area (Å²) in [5, 5.41) is 21.2. The van der Waals surface area contributed by atoms with E-state index < -0.39 is 17.7 Å². The standard InChI is InChI=1S/C30H29NO7/c1-17-14-21-16-20(7-11-23(21)38-17)28(33)26-27(19-5-8-22(32)9-6-19)31(30(35)29(26)34)13-12-18-4-10-24(36-2)25(15-18)37-3/h4-11,15-17,27,32-33H,12-14H2,1-3H3/b28-26-. The average Bonchev–Trinajstić information content (AvgIpc) is 3.42. The predicted molar refractivity (Wildman–Crippen MR) is 141 cm³/mol. The van der Waals surface area contributed by atoms with Crippen LogP contribution in [0.2, 0.25) is 0 Å².